The van der Waals surface area contributed by atoms with Gasteiger partial charge in [-0.1, -0.05) is 47.5 Å². The molecule has 0 aliphatic heterocycles. The number of amides is 1. The molecule has 1 heterocycles. The first kappa shape index (κ1) is 20.5. The molecule has 29 heavy (non-hydrogen) atoms. The largest absolute Gasteiger partial charge is 0.347 e. The number of carbonyl (C=O) groups excluding carboxylic acids is 1. The van der Waals surface area contributed by atoms with Gasteiger partial charge in [-0.3, -0.25) is 14.1 Å². The zero-order valence-corrected chi connectivity index (χ0v) is 17.4. The molecule has 7 heteroatoms. The predicted octanol–water partition coefficient (Wildman–Crippen LogP) is 3.45. The van der Waals surface area contributed by atoms with E-state index in [0.717, 1.165) is 21.0 Å². The molecule has 0 radical (unpaired) electrons. The molecular formula is C22H23N3O3S. The number of anilines is 1. The lowest BCUT2D eigenvalue weighted by atomic mass is 10.1. The van der Waals surface area contributed by atoms with Crippen LogP contribution in [0.15, 0.2) is 71.8 Å². The molecule has 0 spiro atoms. The fourth-order valence-corrected chi connectivity index (χ4v) is 3.91. The third-order valence-corrected chi connectivity index (χ3v) is 6.39. The molecule has 6 nitrogen and oxygen atoms in total. The normalized spacial score (nSPS) is 11.1. The van der Waals surface area contributed by atoms with Crippen LogP contribution in [0.3, 0.4) is 0 Å². The van der Waals surface area contributed by atoms with E-state index in [1.807, 2.05) is 38.1 Å². The number of nitrogens with one attached hydrogen (secondary N) is 1. The molecule has 0 atom stereocenters. The molecule has 0 fully saturated rings. The first-order chi connectivity index (χ1) is 13.8. The highest BCUT2D eigenvalue weighted by Crippen LogP contribution is 2.22. The Balaban J connectivity index is 1.76. The van der Waals surface area contributed by atoms with Crippen molar-refractivity contribution in [3.63, 3.8) is 0 Å². The number of rotatable bonds is 6. The van der Waals surface area contributed by atoms with Crippen molar-refractivity contribution < 1.29 is 13.2 Å². The molecule has 3 aromatic rings. The monoisotopic (exact) mass is 409 g/mol. The maximum absolute atomic E-state index is 12.9. The number of pyridine rings is 1. The van der Waals surface area contributed by atoms with E-state index < -0.39 is 10.0 Å². The molecule has 0 saturated heterocycles. The first-order valence-corrected chi connectivity index (χ1v) is 10.6. The Labute approximate surface area is 171 Å². The standard InChI is InChI=1S/C22H23N3O3S/c1-16-4-8-18(9-5-16)15-24-22(26)21-14-19(12-13-23-21)25(3)29(27,28)20-10-6-17(2)7-11-20/h4-14H,15H2,1-3H3,(H,24,26). The van der Waals surface area contributed by atoms with Crippen LogP contribution in [0.1, 0.15) is 27.2 Å². The fraction of sp³-hybridized carbons (Fsp3) is 0.182. The van der Waals surface area contributed by atoms with Crippen LogP contribution in [0.2, 0.25) is 0 Å². The Hall–Kier alpha value is -3.19. The number of aryl methyl sites for hydroxylation is 2. The van der Waals surface area contributed by atoms with Crippen LogP contribution >= 0.6 is 0 Å². The van der Waals surface area contributed by atoms with Crippen LogP contribution in [0.25, 0.3) is 0 Å². The van der Waals surface area contributed by atoms with Crippen molar-refractivity contribution in [3.8, 4) is 0 Å². The SMILES string of the molecule is Cc1ccc(CNC(=O)c2cc(N(C)S(=O)(=O)c3ccc(C)cc3)ccn2)cc1. The molecule has 3 rings (SSSR count). The minimum absolute atomic E-state index is 0.153. The first-order valence-electron chi connectivity index (χ1n) is 9.13. The number of benzene rings is 2. The van der Waals surface area contributed by atoms with Crippen molar-refractivity contribution >= 4 is 21.6 Å². The molecule has 1 amide bonds. The number of hydrogen-bond acceptors (Lipinski definition) is 4. The molecule has 2 aromatic carbocycles. The minimum atomic E-state index is -3.74. The summed E-state index contributed by atoms with van der Waals surface area (Å²) in [6.45, 7) is 4.26. The molecule has 150 valence electrons. The molecule has 0 bridgehead atoms. The van der Waals surface area contributed by atoms with Gasteiger partial charge in [0.2, 0.25) is 0 Å². The summed E-state index contributed by atoms with van der Waals surface area (Å²) in [5, 5.41) is 2.81. The maximum Gasteiger partial charge on any atom is 0.270 e. The van der Waals surface area contributed by atoms with Gasteiger partial charge in [-0.15, -0.1) is 0 Å². The molecule has 0 aliphatic carbocycles. The number of sulfonamides is 1. The summed E-state index contributed by atoms with van der Waals surface area (Å²) in [5.41, 5.74) is 3.61. The van der Waals surface area contributed by atoms with Gasteiger partial charge in [0.05, 0.1) is 10.6 Å². The van der Waals surface area contributed by atoms with E-state index in [1.165, 1.54) is 19.3 Å². The molecule has 0 aliphatic rings. The van der Waals surface area contributed by atoms with Crippen molar-refractivity contribution in [2.45, 2.75) is 25.3 Å². The summed E-state index contributed by atoms with van der Waals surface area (Å²) in [7, 11) is -2.28. The van der Waals surface area contributed by atoms with Gasteiger partial charge in [-0.25, -0.2) is 8.42 Å². The Morgan fingerprint density at radius 2 is 1.55 bits per heavy atom. The van der Waals surface area contributed by atoms with Gasteiger partial charge in [-0.2, -0.15) is 0 Å². The molecular weight excluding hydrogens is 386 g/mol. The maximum atomic E-state index is 12.9. The molecule has 0 unspecified atom stereocenters. The van der Waals surface area contributed by atoms with Gasteiger partial charge in [0.25, 0.3) is 15.9 Å². The van der Waals surface area contributed by atoms with Gasteiger partial charge in [0.15, 0.2) is 0 Å². The highest BCUT2D eigenvalue weighted by molar-refractivity contribution is 7.92. The smallest absolute Gasteiger partial charge is 0.270 e. The third-order valence-electron chi connectivity index (χ3n) is 4.59. The fourth-order valence-electron chi connectivity index (χ4n) is 2.73. The number of aromatic nitrogens is 1. The Morgan fingerprint density at radius 3 is 2.17 bits per heavy atom. The Morgan fingerprint density at radius 1 is 0.966 bits per heavy atom. The topological polar surface area (TPSA) is 79.4 Å². The highest BCUT2D eigenvalue weighted by atomic mass is 32.2. The minimum Gasteiger partial charge on any atom is -0.347 e. The van der Waals surface area contributed by atoms with Crippen molar-refractivity contribution in [2.24, 2.45) is 0 Å². The molecule has 1 aromatic heterocycles. The number of hydrogen-bond donors (Lipinski definition) is 1. The van der Waals surface area contributed by atoms with Gasteiger partial charge >= 0.3 is 0 Å². The Kier molecular flexibility index (Phi) is 5.98. The summed E-state index contributed by atoms with van der Waals surface area (Å²) in [5.74, 6) is -0.367. The van der Waals surface area contributed by atoms with Crippen molar-refractivity contribution in [3.05, 3.63) is 89.2 Å². The predicted molar refractivity (Wildman–Crippen MR) is 113 cm³/mol. The quantitative estimate of drug-likeness (QED) is 0.676. The van der Waals surface area contributed by atoms with E-state index in [9.17, 15) is 13.2 Å². The van der Waals surface area contributed by atoms with Crippen LogP contribution in [0.4, 0.5) is 5.69 Å². The average molecular weight is 410 g/mol. The average Bonchev–Trinajstić information content (AvgIpc) is 2.73. The zero-order chi connectivity index (χ0) is 21.0. The lowest BCUT2D eigenvalue weighted by Gasteiger charge is -2.20. The van der Waals surface area contributed by atoms with Crippen LogP contribution < -0.4 is 9.62 Å². The summed E-state index contributed by atoms with van der Waals surface area (Å²) >= 11 is 0. The summed E-state index contributed by atoms with van der Waals surface area (Å²) in [6, 6.07) is 17.5. The second-order valence-electron chi connectivity index (χ2n) is 6.85. The van der Waals surface area contributed by atoms with Crippen molar-refractivity contribution in [1.29, 1.82) is 0 Å². The molecule has 0 saturated carbocycles. The van der Waals surface area contributed by atoms with E-state index >= 15 is 0 Å². The van der Waals surface area contributed by atoms with Gasteiger partial charge < -0.3 is 5.32 Å². The summed E-state index contributed by atoms with van der Waals surface area (Å²) in [6.07, 6.45) is 1.43. The number of nitrogens with zero attached hydrogens (tertiary/aromatic N) is 2. The van der Waals surface area contributed by atoms with Crippen LogP contribution in [0, 0.1) is 13.8 Å². The lowest BCUT2D eigenvalue weighted by molar-refractivity contribution is 0.0946. The molecule has 1 N–H and O–H groups in total. The van der Waals surface area contributed by atoms with E-state index in [1.54, 1.807) is 30.3 Å². The summed E-state index contributed by atoms with van der Waals surface area (Å²) in [4.78, 5) is 16.7. The second-order valence-corrected chi connectivity index (χ2v) is 8.82. The van der Waals surface area contributed by atoms with E-state index in [2.05, 4.69) is 10.3 Å². The van der Waals surface area contributed by atoms with Crippen LogP contribution in [0.5, 0.6) is 0 Å². The van der Waals surface area contributed by atoms with E-state index in [4.69, 9.17) is 0 Å². The van der Waals surface area contributed by atoms with Gasteiger partial charge in [0, 0.05) is 19.8 Å². The van der Waals surface area contributed by atoms with Crippen LogP contribution in [-0.2, 0) is 16.6 Å². The zero-order valence-electron chi connectivity index (χ0n) is 16.6. The Bertz CT molecular complexity index is 1110. The van der Waals surface area contributed by atoms with Crippen molar-refractivity contribution in [2.75, 3.05) is 11.4 Å². The van der Waals surface area contributed by atoms with E-state index in [-0.39, 0.29) is 16.5 Å². The number of carbonyl (C=O) groups is 1. The van der Waals surface area contributed by atoms with Gasteiger partial charge in [0.1, 0.15) is 5.69 Å². The van der Waals surface area contributed by atoms with Crippen molar-refractivity contribution in [1.82, 2.24) is 10.3 Å². The van der Waals surface area contributed by atoms with Gasteiger partial charge in [-0.05, 0) is 43.7 Å². The van der Waals surface area contributed by atoms with E-state index in [0.29, 0.717) is 12.2 Å². The lowest BCUT2D eigenvalue weighted by Crippen LogP contribution is -2.28. The highest BCUT2D eigenvalue weighted by Gasteiger charge is 2.22. The second kappa shape index (κ2) is 8.45. The van der Waals surface area contributed by atoms with Crippen LogP contribution in [-0.4, -0.2) is 26.4 Å². The summed E-state index contributed by atoms with van der Waals surface area (Å²) < 4.78 is 26.9. The third kappa shape index (κ3) is 4.81.